The van der Waals surface area contributed by atoms with Gasteiger partial charge in [-0.15, -0.1) is 0 Å². The van der Waals surface area contributed by atoms with Crippen LogP contribution >= 0.6 is 11.6 Å². The second kappa shape index (κ2) is 8.95. The number of benzene rings is 3. The van der Waals surface area contributed by atoms with Crippen LogP contribution < -0.4 is 5.32 Å². The SMILES string of the molecule is CC(c1ccccc1)N1C(=O)C(NC(=O)c2ccc(Cl)cc2)(C(F)(F)F)N=C1c1ccccc1. The van der Waals surface area contributed by atoms with Crippen molar-refractivity contribution in [2.45, 2.75) is 24.8 Å². The fraction of sp³-hybridized carbons (Fsp3) is 0.160. The van der Waals surface area contributed by atoms with Crippen LogP contribution in [0.4, 0.5) is 13.2 Å². The lowest BCUT2D eigenvalue weighted by Crippen LogP contribution is -2.63. The van der Waals surface area contributed by atoms with E-state index in [0.29, 0.717) is 16.1 Å². The zero-order chi connectivity index (χ0) is 24.5. The minimum Gasteiger partial charge on any atom is -0.312 e. The molecule has 2 atom stereocenters. The number of nitrogens with zero attached hydrogens (tertiary/aromatic N) is 2. The number of carbonyl (C=O) groups is 2. The van der Waals surface area contributed by atoms with E-state index >= 15 is 0 Å². The van der Waals surface area contributed by atoms with Gasteiger partial charge < -0.3 is 5.32 Å². The maximum atomic E-state index is 14.5. The molecule has 0 saturated heterocycles. The van der Waals surface area contributed by atoms with E-state index in [1.165, 1.54) is 24.3 Å². The van der Waals surface area contributed by atoms with Gasteiger partial charge in [-0.1, -0.05) is 72.3 Å². The Balaban J connectivity index is 1.84. The van der Waals surface area contributed by atoms with Gasteiger partial charge in [0.05, 0.1) is 6.04 Å². The molecule has 0 radical (unpaired) electrons. The number of rotatable bonds is 5. The Morgan fingerprint density at radius 3 is 2.09 bits per heavy atom. The first-order valence-electron chi connectivity index (χ1n) is 10.3. The Bertz CT molecular complexity index is 1230. The fourth-order valence-corrected chi connectivity index (χ4v) is 3.86. The van der Waals surface area contributed by atoms with Crippen molar-refractivity contribution < 1.29 is 22.8 Å². The summed E-state index contributed by atoms with van der Waals surface area (Å²) in [6.45, 7) is 1.61. The predicted molar refractivity (Wildman–Crippen MR) is 122 cm³/mol. The lowest BCUT2D eigenvalue weighted by Gasteiger charge is -2.31. The lowest BCUT2D eigenvalue weighted by atomic mass is 10.0. The molecule has 1 aliphatic rings. The van der Waals surface area contributed by atoms with E-state index in [0.717, 1.165) is 4.90 Å². The Morgan fingerprint density at radius 1 is 0.971 bits per heavy atom. The second-order valence-electron chi connectivity index (χ2n) is 7.73. The third-order valence-corrected chi connectivity index (χ3v) is 5.79. The van der Waals surface area contributed by atoms with E-state index in [2.05, 4.69) is 4.99 Å². The number of aliphatic imine (C=N–C) groups is 1. The van der Waals surface area contributed by atoms with Crippen LogP contribution in [0.25, 0.3) is 0 Å². The van der Waals surface area contributed by atoms with Crippen molar-refractivity contribution in [3.8, 4) is 0 Å². The number of halogens is 4. The Kier molecular flexibility index (Phi) is 6.18. The standard InChI is InChI=1S/C25H19ClF3N3O2/c1-16(17-8-4-2-5-9-17)32-21(18-10-6-3-7-11-18)30-24(23(32)34,25(27,28)29)31-22(33)19-12-14-20(26)15-13-19/h2-16H,1H3,(H,31,33). The zero-order valence-corrected chi connectivity index (χ0v) is 18.6. The normalized spacial score (nSPS) is 19.0. The summed E-state index contributed by atoms with van der Waals surface area (Å²) in [7, 11) is 0. The molecule has 3 aromatic rings. The molecule has 5 nitrogen and oxygen atoms in total. The highest BCUT2D eigenvalue weighted by molar-refractivity contribution is 6.30. The summed E-state index contributed by atoms with van der Waals surface area (Å²) >= 11 is 5.81. The number of amides is 2. The first-order valence-corrected chi connectivity index (χ1v) is 10.7. The second-order valence-corrected chi connectivity index (χ2v) is 8.17. The van der Waals surface area contributed by atoms with Gasteiger partial charge in [-0.2, -0.15) is 13.2 Å². The smallest absolute Gasteiger partial charge is 0.312 e. The maximum absolute atomic E-state index is 14.5. The minimum atomic E-state index is -5.21. The molecule has 3 aromatic carbocycles. The van der Waals surface area contributed by atoms with Crippen LogP contribution in [-0.2, 0) is 4.79 Å². The monoisotopic (exact) mass is 485 g/mol. The minimum absolute atomic E-state index is 0.0909. The lowest BCUT2D eigenvalue weighted by molar-refractivity contribution is -0.196. The zero-order valence-electron chi connectivity index (χ0n) is 17.9. The number of nitrogens with one attached hydrogen (secondary N) is 1. The highest BCUT2D eigenvalue weighted by Crippen LogP contribution is 2.41. The van der Waals surface area contributed by atoms with Crippen LogP contribution in [0.5, 0.6) is 0 Å². The summed E-state index contributed by atoms with van der Waals surface area (Å²) in [5, 5.41) is 2.18. The number of amidine groups is 1. The number of hydrogen-bond acceptors (Lipinski definition) is 3. The molecule has 1 N–H and O–H groups in total. The van der Waals surface area contributed by atoms with Crippen LogP contribution in [-0.4, -0.2) is 34.4 Å². The number of carbonyl (C=O) groups excluding carboxylic acids is 2. The summed E-state index contributed by atoms with van der Waals surface area (Å²) in [4.78, 5) is 31.2. The quantitative estimate of drug-likeness (QED) is 0.527. The van der Waals surface area contributed by atoms with E-state index in [9.17, 15) is 22.8 Å². The Labute approximate surface area is 198 Å². The topological polar surface area (TPSA) is 61.8 Å². The highest BCUT2D eigenvalue weighted by Gasteiger charge is 2.67. The van der Waals surface area contributed by atoms with Crippen molar-refractivity contribution in [1.82, 2.24) is 10.2 Å². The fourth-order valence-electron chi connectivity index (χ4n) is 3.74. The van der Waals surface area contributed by atoms with Gasteiger partial charge in [-0.05, 0) is 36.8 Å². The molecule has 0 aliphatic carbocycles. The largest absolute Gasteiger partial charge is 0.442 e. The van der Waals surface area contributed by atoms with Gasteiger partial charge in [-0.25, -0.2) is 4.99 Å². The third kappa shape index (κ3) is 4.17. The summed E-state index contributed by atoms with van der Waals surface area (Å²) < 4.78 is 43.6. The van der Waals surface area contributed by atoms with Crippen LogP contribution in [0.15, 0.2) is 89.9 Å². The van der Waals surface area contributed by atoms with Gasteiger partial charge in [-0.3, -0.25) is 14.5 Å². The van der Waals surface area contributed by atoms with Crippen LogP contribution in [0.3, 0.4) is 0 Å². The molecular weight excluding hydrogens is 467 g/mol. The van der Waals surface area contributed by atoms with Crippen molar-refractivity contribution in [2.75, 3.05) is 0 Å². The molecule has 0 aromatic heterocycles. The van der Waals surface area contributed by atoms with Gasteiger partial charge in [0.1, 0.15) is 5.84 Å². The molecule has 9 heteroatoms. The van der Waals surface area contributed by atoms with E-state index in [-0.39, 0.29) is 11.4 Å². The molecule has 1 aliphatic heterocycles. The predicted octanol–water partition coefficient (Wildman–Crippen LogP) is 5.38. The van der Waals surface area contributed by atoms with Gasteiger partial charge >= 0.3 is 11.8 Å². The van der Waals surface area contributed by atoms with Gasteiger partial charge in [0.15, 0.2) is 0 Å². The molecule has 0 spiro atoms. The van der Waals surface area contributed by atoms with Gasteiger partial charge in [0, 0.05) is 16.1 Å². The number of alkyl halides is 3. The van der Waals surface area contributed by atoms with Crippen molar-refractivity contribution >= 4 is 29.3 Å². The van der Waals surface area contributed by atoms with E-state index in [1.54, 1.807) is 67.6 Å². The molecule has 4 rings (SSSR count). The van der Waals surface area contributed by atoms with Crippen molar-refractivity contribution in [1.29, 1.82) is 0 Å². The summed E-state index contributed by atoms with van der Waals surface area (Å²) in [6.07, 6.45) is -5.21. The molecule has 2 amide bonds. The molecule has 174 valence electrons. The first kappa shape index (κ1) is 23.5. The molecular formula is C25H19ClF3N3O2. The van der Waals surface area contributed by atoms with Crippen molar-refractivity contribution in [3.05, 3.63) is 107 Å². The average Bonchev–Trinajstić information content (AvgIpc) is 3.13. The molecule has 34 heavy (non-hydrogen) atoms. The molecule has 0 saturated carbocycles. The molecule has 0 bridgehead atoms. The average molecular weight is 486 g/mol. The summed E-state index contributed by atoms with van der Waals surface area (Å²) in [6, 6.07) is 21.2. The highest BCUT2D eigenvalue weighted by atomic mass is 35.5. The maximum Gasteiger partial charge on any atom is 0.442 e. The Morgan fingerprint density at radius 2 is 1.53 bits per heavy atom. The van der Waals surface area contributed by atoms with Crippen LogP contribution in [0.1, 0.15) is 34.5 Å². The molecule has 0 fully saturated rings. The van der Waals surface area contributed by atoms with Gasteiger partial charge in [0.2, 0.25) is 0 Å². The summed E-state index contributed by atoms with van der Waals surface area (Å²) in [5.41, 5.74) is -2.66. The number of hydrogen-bond donors (Lipinski definition) is 1. The van der Waals surface area contributed by atoms with Crippen molar-refractivity contribution in [3.63, 3.8) is 0 Å². The Hall–Kier alpha value is -3.65. The summed E-state index contributed by atoms with van der Waals surface area (Å²) in [5.74, 6) is -2.68. The van der Waals surface area contributed by atoms with Gasteiger partial charge in [0.25, 0.3) is 11.8 Å². The van der Waals surface area contributed by atoms with E-state index in [4.69, 9.17) is 11.6 Å². The first-order chi connectivity index (χ1) is 16.1. The van der Waals surface area contributed by atoms with Crippen molar-refractivity contribution in [2.24, 2.45) is 4.99 Å². The van der Waals surface area contributed by atoms with E-state index < -0.39 is 29.7 Å². The third-order valence-electron chi connectivity index (χ3n) is 5.54. The van der Waals surface area contributed by atoms with Crippen LogP contribution in [0, 0.1) is 0 Å². The van der Waals surface area contributed by atoms with Crippen LogP contribution in [0.2, 0.25) is 5.02 Å². The molecule has 1 heterocycles. The molecule has 2 unspecified atom stereocenters. The van der Waals surface area contributed by atoms with E-state index in [1.807, 2.05) is 5.32 Å².